The number of hydrogen-bond donors (Lipinski definition) is 1. The van der Waals surface area contributed by atoms with Gasteiger partial charge in [-0.25, -0.2) is 0 Å². The molecule has 0 bridgehead atoms. The maximum absolute atomic E-state index is 11.9. The van der Waals surface area contributed by atoms with E-state index in [2.05, 4.69) is 0 Å². The van der Waals surface area contributed by atoms with Crippen molar-refractivity contribution in [2.45, 2.75) is 20.8 Å². The predicted molar refractivity (Wildman–Crippen MR) is 76.4 cm³/mol. The molecular formula is C14H20O4S. The summed E-state index contributed by atoms with van der Waals surface area (Å²) < 4.78 is 16.6. The molecule has 1 aromatic carbocycles. The van der Waals surface area contributed by atoms with Gasteiger partial charge in [0.15, 0.2) is 5.78 Å². The summed E-state index contributed by atoms with van der Waals surface area (Å²) >= 11 is 0. The number of phenols is 1. The second kappa shape index (κ2) is 6.70. The molecule has 1 N–H and O–H groups in total. The first-order valence-corrected chi connectivity index (χ1v) is 7.83. The highest BCUT2D eigenvalue weighted by atomic mass is 32.2. The van der Waals surface area contributed by atoms with Gasteiger partial charge in [0, 0.05) is 23.1 Å². The second-order valence-electron chi connectivity index (χ2n) is 4.98. The van der Waals surface area contributed by atoms with Crippen molar-refractivity contribution in [2.24, 2.45) is 5.92 Å². The van der Waals surface area contributed by atoms with Crippen LogP contribution in [0.25, 0.3) is 0 Å². The molecule has 0 radical (unpaired) electrons. The first-order valence-electron chi connectivity index (χ1n) is 6.11. The van der Waals surface area contributed by atoms with E-state index in [1.54, 1.807) is 13.0 Å². The standard InChI is InChI=1S/C14H20O4S/c1-9(2)7-18-11-5-10(3)14(12(15)6-11)13(16)8-19(4)17/h5-6,9,15H,7-8H2,1-4H3. The molecule has 5 heteroatoms. The molecular weight excluding hydrogens is 264 g/mol. The summed E-state index contributed by atoms with van der Waals surface area (Å²) in [5.41, 5.74) is 0.862. The van der Waals surface area contributed by atoms with Crippen LogP contribution in [0.5, 0.6) is 11.5 Å². The predicted octanol–water partition coefficient (Wildman–Crippen LogP) is 2.30. The number of carbonyl (C=O) groups excluding carboxylic acids is 1. The number of hydrogen-bond acceptors (Lipinski definition) is 4. The van der Waals surface area contributed by atoms with Gasteiger partial charge >= 0.3 is 0 Å². The zero-order chi connectivity index (χ0) is 14.6. The normalized spacial score (nSPS) is 12.5. The monoisotopic (exact) mass is 284 g/mol. The van der Waals surface area contributed by atoms with Gasteiger partial charge in [-0.15, -0.1) is 0 Å². The smallest absolute Gasteiger partial charge is 0.179 e. The molecule has 1 atom stereocenters. The van der Waals surface area contributed by atoms with Crippen LogP contribution in [0.15, 0.2) is 12.1 Å². The fraction of sp³-hybridized carbons (Fsp3) is 0.500. The zero-order valence-electron chi connectivity index (χ0n) is 11.7. The lowest BCUT2D eigenvalue weighted by Crippen LogP contribution is -2.12. The van der Waals surface area contributed by atoms with Gasteiger partial charge in [0.1, 0.15) is 11.5 Å². The zero-order valence-corrected chi connectivity index (χ0v) is 12.5. The Balaban J connectivity index is 2.97. The van der Waals surface area contributed by atoms with Crippen LogP contribution in [0.1, 0.15) is 29.8 Å². The molecule has 0 aliphatic rings. The Bertz CT molecular complexity index is 471. The number of Topliss-reactive ketones (excluding diaryl/α,β-unsaturated/α-hetero) is 1. The van der Waals surface area contributed by atoms with E-state index in [0.29, 0.717) is 23.8 Å². The van der Waals surface area contributed by atoms with E-state index in [-0.39, 0.29) is 22.8 Å². The SMILES string of the molecule is Cc1cc(OCC(C)C)cc(O)c1C(=O)CS(C)=O. The summed E-state index contributed by atoms with van der Waals surface area (Å²) in [6, 6.07) is 3.15. The highest BCUT2D eigenvalue weighted by Crippen LogP contribution is 2.28. The Hall–Kier alpha value is -1.36. The Morgan fingerprint density at radius 3 is 2.53 bits per heavy atom. The minimum Gasteiger partial charge on any atom is -0.507 e. The van der Waals surface area contributed by atoms with Gasteiger partial charge in [0.05, 0.1) is 17.9 Å². The quantitative estimate of drug-likeness (QED) is 0.814. The minimum atomic E-state index is -1.22. The van der Waals surface area contributed by atoms with E-state index in [9.17, 15) is 14.1 Å². The highest BCUT2D eigenvalue weighted by molar-refractivity contribution is 7.85. The summed E-state index contributed by atoms with van der Waals surface area (Å²) in [5, 5.41) is 9.92. The number of phenolic OH excluding ortho intramolecular Hbond substituents is 1. The Morgan fingerprint density at radius 1 is 1.42 bits per heavy atom. The van der Waals surface area contributed by atoms with E-state index in [4.69, 9.17) is 4.74 Å². The lowest BCUT2D eigenvalue weighted by atomic mass is 10.0. The van der Waals surface area contributed by atoms with E-state index < -0.39 is 10.8 Å². The third-order valence-corrected chi connectivity index (χ3v) is 3.15. The summed E-state index contributed by atoms with van der Waals surface area (Å²) in [5.74, 6) is 0.408. The third kappa shape index (κ3) is 4.67. The summed E-state index contributed by atoms with van der Waals surface area (Å²) in [4.78, 5) is 11.9. The Kier molecular flexibility index (Phi) is 5.54. The molecule has 0 heterocycles. The van der Waals surface area contributed by atoms with Crippen molar-refractivity contribution in [3.05, 3.63) is 23.3 Å². The van der Waals surface area contributed by atoms with E-state index in [0.717, 1.165) is 0 Å². The lowest BCUT2D eigenvalue weighted by molar-refractivity contribution is 0.101. The van der Waals surface area contributed by atoms with Crippen LogP contribution in [0.3, 0.4) is 0 Å². The first-order chi connectivity index (χ1) is 8.81. The largest absolute Gasteiger partial charge is 0.507 e. The Labute approximate surface area is 116 Å². The van der Waals surface area contributed by atoms with Gasteiger partial charge in [0.2, 0.25) is 0 Å². The number of rotatable bonds is 6. The number of aromatic hydroxyl groups is 1. The average molecular weight is 284 g/mol. The number of ether oxygens (including phenoxy) is 1. The van der Waals surface area contributed by atoms with Crippen molar-refractivity contribution in [2.75, 3.05) is 18.6 Å². The molecule has 1 unspecified atom stereocenters. The highest BCUT2D eigenvalue weighted by Gasteiger charge is 2.17. The van der Waals surface area contributed by atoms with Crippen LogP contribution in [0, 0.1) is 12.8 Å². The molecule has 1 rings (SSSR count). The van der Waals surface area contributed by atoms with Crippen molar-refractivity contribution in [3.63, 3.8) is 0 Å². The number of carbonyl (C=O) groups is 1. The van der Waals surface area contributed by atoms with Crippen molar-refractivity contribution in [1.82, 2.24) is 0 Å². The molecule has 0 aliphatic carbocycles. The van der Waals surface area contributed by atoms with Gasteiger partial charge in [0.25, 0.3) is 0 Å². The van der Waals surface area contributed by atoms with Crippen LogP contribution >= 0.6 is 0 Å². The fourth-order valence-corrected chi connectivity index (χ4v) is 2.22. The van der Waals surface area contributed by atoms with Crippen LogP contribution in [-0.4, -0.2) is 33.7 Å². The van der Waals surface area contributed by atoms with Crippen LogP contribution in [-0.2, 0) is 10.8 Å². The number of benzene rings is 1. The molecule has 0 saturated carbocycles. The number of aryl methyl sites for hydroxylation is 1. The molecule has 4 nitrogen and oxygen atoms in total. The lowest BCUT2D eigenvalue weighted by Gasteiger charge is -2.12. The summed E-state index contributed by atoms with van der Waals surface area (Å²) in [6.07, 6.45) is 1.46. The molecule has 0 saturated heterocycles. The van der Waals surface area contributed by atoms with Gasteiger partial charge in [-0.05, 0) is 24.5 Å². The first kappa shape index (κ1) is 15.7. The average Bonchev–Trinajstić information content (AvgIpc) is 2.24. The maximum Gasteiger partial charge on any atom is 0.179 e. The van der Waals surface area contributed by atoms with E-state index in [1.165, 1.54) is 12.3 Å². The molecule has 0 spiro atoms. The molecule has 0 amide bonds. The minimum absolute atomic E-state index is 0.0827. The second-order valence-corrected chi connectivity index (χ2v) is 6.41. The fourth-order valence-electron chi connectivity index (χ4n) is 1.70. The van der Waals surface area contributed by atoms with Gasteiger partial charge in [-0.2, -0.15) is 0 Å². The molecule has 0 fully saturated rings. The maximum atomic E-state index is 11.9. The van der Waals surface area contributed by atoms with Gasteiger partial charge < -0.3 is 9.84 Å². The third-order valence-electron chi connectivity index (χ3n) is 2.48. The van der Waals surface area contributed by atoms with Crippen LogP contribution in [0.4, 0.5) is 0 Å². The molecule has 0 aliphatic heterocycles. The van der Waals surface area contributed by atoms with Crippen molar-refractivity contribution in [1.29, 1.82) is 0 Å². The molecule has 0 aromatic heterocycles. The van der Waals surface area contributed by atoms with Crippen LogP contribution in [0.2, 0.25) is 0 Å². The van der Waals surface area contributed by atoms with E-state index >= 15 is 0 Å². The Morgan fingerprint density at radius 2 is 2.05 bits per heavy atom. The van der Waals surface area contributed by atoms with Gasteiger partial charge in [-0.3, -0.25) is 9.00 Å². The summed E-state index contributed by atoms with van der Waals surface area (Å²) in [6.45, 7) is 6.33. The van der Waals surface area contributed by atoms with Crippen molar-refractivity contribution >= 4 is 16.6 Å². The van der Waals surface area contributed by atoms with Crippen molar-refractivity contribution in [3.8, 4) is 11.5 Å². The topological polar surface area (TPSA) is 63.6 Å². The molecule has 106 valence electrons. The van der Waals surface area contributed by atoms with Gasteiger partial charge in [-0.1, -0.05) is 13.8 Å². The molecule has 19 heavy (non-hydrogen) atoms. The molecule has 1 aromatic rings. The van der Waals surface area contributed by atoms with E-state index in [1.807, 2.05) is 13.8 Å². The summed E-state index contributed by atoms with van der Waals surface area (Å²) in [7, 11) is -1.22. The van der Waals surface area contributed by atoms with Crippen LogP contribution < -0.4 is 4.74 Å². The number of ketones is 1. The van der Waals surface area contributed by atoms with Crippen molar-refractivity contribution < 1.29 is 18.8 Å².